The highest BCUT2D eigenvalue weighted by Gasteiger charge is 2.13. The molecule has 1 aromatic rings. The first-order chi connectivity index (χ1) is 8.50. The van der Waals surface area contributed by atoms with Crippen LogP contribution in [0.15, 0.2) is 18.2 Å². The molecule has 1 aromatic carbocycles. The Labute approximate surface area is 111 Å². The SMILES string of the molecule is CC(C)OCCNCc1cc(Cl)ccc1[N+](=O)[O-]. The third-order valence-electron chi connectivity index (χ3n) is 2.28. The van der Waals surface area contributed by atoms with E-state index in [0.29, 0.717) is 30.3 Å². The minimum Gasteiger partial charge on any atom is -0.377 e. The average Bonchev–Trinajstić information content (AvgIpc) is 2.27. The second-order valence-corrected chi connectivity index (χ2v) is 4.56. The van der Waals surface area contributed by atoms with E-state index >= 15 is 0 Å². The molecule has 0 aliphatic heterocycles. The lowest BCUT2D eigenvalue weighted by Gasteiger charge is -2.09. The molecule has 0 aromatic heterocycles. The minimum absolute atomic E-state index is 0.0803. The number of nitro benzene ring substituents is 1. The van der Waals surface area contributed by atoms with Crippen molar-refractivity contribution in [1.82, 2.24) is 5.32 Å². The monoisotopic (exact) mass is 272 g/mol. The Hall–Kier alpha value is -1.17. The summed E-state index contributed by atoms with van der Waals surface area (Å²) in [5.74, 6) is 0. The number of nitrogens with one attached hydrogen (secondary N) is 1. The van der Waals surface area contributed by atoms with Crippen molar-refractivity contribution in [3.63, 3.8) is 0 Å². The summed E-state index contributed by atoms with van der Waals surface area (Å²) in [6.45, 7) is 5.54. The molecule has 0 aliphatic rings. The molecule has 6 heteroatoms. The highest BCUT2D eigenvalue weighted by molar-refractivity contribution is 6.30. The molecule has 0 radical (unpaired) electrons. The Kier molecular flexibility index (Phi) is 6.04. The van der Waals surface area contributed by atoms with Crippen LogP contribution in [0.3, 0.4) is 0 Å². The molecular formula is C12H17ClN2O3. The van der Waals surface area contributed by atoms with E-state index in [9.17, 15) is 10.1 Å². The van der Waals surface area contributed by atoms with Gasteiger partial charge in [-0.05, 0) is 26.0 Å². The molecule has 0 aliphatic carbocycles. The summed E-state index contributed by atoms with van der Waals surface area (Å²) in [5.41, 5.74) is 0.661. The molecule has 0 fully saturated rings. The molecular weight excluding hydrogens is 256 g/mol. The van der Waals surface area contributed by atoms with Gasteiger partial charge >= 0.3 is 0 Å². The van der Waals surface area contributed by atoms with Crippen molar-refractivity contribution < 1.29 is 9.66 Å². The van der Waals surface area contributed by atoms with Crippen LogP contribution in [0, 0.1) is 10.1 Å². The van der Waals surface area contributed by atoms with Crippen molar-refractivity contribution in [2.24, 2.45) is 0 Å². The van der Waals surface area contributed by atoms with Crippen molar-refractivity contribution in [2.45, 2.75) is 26.5 Å². The lowest BCUT2D eigenvalue weighted by Crippen LogP contribution is -2.21. The van der Waals surface area contributed by atoms with Gasteiger partial charge in [-0.2, -0.15) is 0 Å². The first kappa shape index (κ1) is 14.9. The second kappa shape index (κ2) is 7.31. The van der Waals surface area contributed by atoms with Crippen LogP contribution in [0.25, 0.3) is 0 Å². The first-order valence-corrected chi connectivity index (χ1v) is 6.13. The van der Waals surface area contributed by atoms with E-state index in [1.54, 1.807) is 6.07 Å². The van der Waals surface area contributed by atoms with Gasteiger partial charge in [0.05, 0.1) is 17.6 Å². The molecule has 1 N–H and O–H groups in total. The number of ether oxygens (including phenoxy) is 1. The summed E-state index contributed by atoms with van der Waals surface area (Å²) < 4.78 is 5.36. The molecule has 0 amide bonds. The zero-order chi connectivity index (χ0) is 13.5. The fourth-order valence-electron chi connectivity index (χ4n) is 1.46. The van der Waals surface area contributed by atoms with Crippen LogP contribution in [0.1, 0.15) is 19.4 Å². The standard InChI is InChI=1S/C12H17ClN2O3/c1-9(2)18-6-5-14-8-10-7-11(13)3-4-12(10)15(16)17/h3-4,7,9,14H,5-6,8H2,1-2H3. The van der Waals surface area contributed by atoms with Crippen LogP contribution in [0.5, 0.6) is 0 Å². The smallest absolute Gasteiger partial charge is 0.273 e. The quantitative estimate of drug-likeness (QED) is 0.471. The number of rotatable bonds is 7. The Balaban J connectivity index is 2.50. The van der Waals surface area contributed by atoms with Crippen molar-refractivity contribution >= 4 is 17.3 Å². The van der Waals surface area contributed by atoms with Gasteiger partial charge in [-0.3, -0.25) is 10.1 Å². The summed E-state index contributed by atoms with van der Waals surface area (Å²) in [6, 6.07) is 4.55. The minimum atomic E-state index is -0.405. The molecule has 0 bridgehead atoms. The summed E-state index contributed by atoms with van der Waals surface area (Å²) in [6.07, 6.45) is 0.187. The third-order valence-corrected chi connectivity index (χ3v) is 2.52. The van der Waals surface area contributed by atoms with Gasteiger partial charge in [-0.1, -0.05) is 11.6 Å². The van der Waals surface area contributed by atoms with E-state index < -0.39 is 4.92 Å². The van der Waals surface area contributed by atoms with Crippen molar-refractivity contribution in [1.29, 1.82) is 0 Å². The van der Waals surface area contributed by atoms with Crippen LogP contribution in [0.2, 0.25) is 5.02 Å². The van der Waals surface area contributed by atoms with E-state index in [1.165, 1.54) is 12.1 Å². The number of hydrogen-bond donors (Lipinski definition) is 1. The van der Waals surface area contributed by atoms with Crippen molar-refractivity contribution in [3.8, 4) is 0 Å². The van der Waals surface area contributed by atoms with Crippen molar-refractivity contribution in [2.75, 3.05) is 13.2 Å². The molecule has 0 spiro atoms. The Morgan fingerprint density at radius 2 is 2.22 bits per heavy atom. The van der Waals surface area contributed by atoms with Crippen LogP contribution < -0.4 is 5.32 Å². The first-order valence-electron chi connectivity index (χ1n) is 5.76. The Morgan fingerprint density at radius 1 is 1.50 bits per heavy atom. The molecule has 5 nitrogen and oxygen atoms in total. The number of halogens is 1. The lowest BCUT2D eigenvalue weighted by molar-refractivity contribution is -0.385. The second-order valence-electron chi connectivity index (χ2n) is 4.13. The Morgan fingerprint density at radius 3 is 2.83 bits per heavy atom. The number of benzene rings is 1. The third kappa shape index (κ3) is 5.00. The van der Waals surface area contributed by atoms with Crippen molar-refractivity contribution in [3.05, 3.63) is 38.9 Å². The summed E-state index contributed by atoms with van der Waals surface area (Å²) in [5, 5.41) is 14.4. The van der Waals surface area contributed by atoms with Gasteiger partial charge in [-0.25, -0.2) is 0 Å². The van der Waals surface area contributed by atoms with E-state index in [4.69, 9.17) is 16.3 Å². The van der Waals surface area contributed by atoms with Gasteiger partial charge in [0.25, 0.3) is 5.69 Å². The van der Waals surface area contributed by atoms with E-state index in [2.05, 4.69) is 5.32 Å². The largest absolute Gasteiger partial charge is 0.377 e. The zero-order valence-electron chi connectivity index (χ0n) is 10.5. The fourth-order valence-corrected chi connectivity index (χ4v) is 1.66. The summed E-state index contributed by atoms with van der Waals surface area (Å²) in [4.78, 5) is 10.4. The predicted molar refractivity (Wildman–Crippen MR) is 70.9 cm³/mol. The maximum atomic E-state index is 10.8. The van der Waals surface area contributed by atoms with Gasteiger partial charge < -0.3 is 10.1 Å². The van der Waals surface area contributed by atoms with Crippen LogP contribution in [-0.2, 0) is 11.3 Å². The topological polar surface area (TPSA) is 64.4 Å². The molecule has 0 saturated heterocycles. The molecule has 100 valence electrons. The molecule has 1 rings (SSSR count). The normalized spacial score (nSPS) is 10.9. The molecule has 0 atom stereocenters. The molecule has 18 heavy (non-hydrogen) atoms. The summed E-state index contributed by atoms with van der Waals surface area (Å²) in [7, 11) is 0. The predicted octanol–water partition coefficient (Wildman–Crippen LogP) is 2.76. The number of hydrogen-bond acceptors (Lipinski definition) is 4. The maximum absolute atomic E-state index is 10.8. The van der Waals surface area contributed by atoms with E-state index in [0.717, 1.165) is 0 Å². The van der Waals surface area contributed by atoms with Crippen LogP contribution in [0.4, 0.5) is 5.69 Å². The highest BCUT2D eigenvalue weighted by atomic mass is 35.5. The summed E-state index contributed by atoms with van der Waals surface area (Å²) >= 11 is 5.83. The van der Waals surface area contributed by atoms with Gasteiger partial charge in [0, 0.05) is 29.7 Å². The maximum Gasteiger partial charge on any atom is 0.273 e. The van der Waals surface area contributed by atoms with Gasteiger partial charge in [0.1, 0.15) is 0 Å². The van der Waals surface area contributed by atoms with E-state index in [1.807, 2.05) is 13.8 Å². The number of nitro groups is 1. The molecule has 0 unspecified atom stereocenters. The van der Waals surface area contributed by atoms with Gasteiger partial charge in [0.2, 0.25) is 0 Å². The van der Waals surface area contributed by atoms with Gasteiger partial charge in [-0.15, -0.1) is 0 Å². The van der Waals surface area contributed by atoms with Gasteiger partial charge in [0.15, 0.2) is 0 Å². The lowest BCUT2D eigenvalue weighted by atomic mass is 10.2. The highest BCUT2D eigenvalue weighted by Crippen LogP contribution is 2.22. The molecule has 0 saturated carbocycles. The zero-order valence-corrected chi connectivity index (χ0v) is 11.2. The van der Waals surface area contributed by atoms with E-state index in [-0.39, 0.29) is 11.8 Å². The fraction of sp³-hybridized carbons (Fsp3) is 0.500. The number of nitrogens with zero attached hydrogens (tertiary/aromatic N) is 1. The van der Waals surface area contributed by atoms with Crippen LogP contribution in [-0.4, -0.2) is 24.2 Å². The average molecular weight is 273 g/mol. The molecule has 0 heterocycles. The van der Waals surface area contributed by atoms with Crippen LogP contribution >= 0.6 is 11.6 Å². The Bertz CT molecular complexity index is 410.